The first-order valence-corrected chi connectivity index (χ1v) is 6.64. The van der Waals surface area contributed by atoms with Crippen molar-refractivity contribution in [1.82, 2.24) is 14.9 Å². The monoisotopic (exact) mass is 246 g/mol. The molecule has 1 aromatic heterocycles. The number of aryl methyl sites for hydroxylation is 1. The average Bonchev–Trinajstić information content (AvgIpc) is 2.96. The molecule has 0 aliphatic carbocycles. The van der Waals surface area contributed by atoms with Gasteiger partial charge in [0.2, 0.25) is 0 Å². The van der Waals surface area contributed by atoms with E-state index in [1.165, 1.54) is 5.52 Å². The lowest BCUT2D eigenvalue weighted by molar-refractivity contribution is 0.877. The van der Waals surface area contributed by atoms with Crippen LogP contribution in [0.2, 0.25) is 0 Å². The van der Waals surface area contributed by atoms with Gasteiger partial charge in [0.25, 0.3) is 0 Å². The molecule has 0 unspecified atom stereocenters. The van der Waals surface area contributed by atoms with Crippen molar-refractivity contribution >= 4 is 28.0 Å². The van der Waals surface area contributed by atoms with Crippen LogP contribution in [0, 0.1) is 0 Å². The maximum absolute atomic E-state index is 4.63. The Hall–Kier alpha value is -1.49. The molecule has 1 N–H and O–H groups in total. The zero-order chi connectivity index (χ0) is 11.7. The molecule has 3 rings (SSSR count). The van der Waals surface area contributed by atoms with Crippen molar-refractivity contribution in [1.29, 1.82) is 0 Å². The fraction of sp³-hybridized carbons (Fsp3) is 0.333. The van der Waals surface area contributed by atoms with Crippen molar-refractivity contribution < 1.29 is 0 Å². The van der Waals surface area contributed by atoms with E-state index in [9.17, 15) is 0 Å². The van der Waals surface area contributed by atoms with Gasteiger partial charge < -0.3 is 9.88 Å². The van der Waals surface area contributed by atoms with Gasteiger partial charge in [-0.25, -0.2) is 4.98 Å². The van der Waals surface area contributed by atoms with E-state index in [0.717, 1.165) is 35.4 Å². The molecule has 0 saturated carbocycles. The van der Waals surface area contributed by atoms with E-state index in [4.69, 9.17) is 0 Å². The molecule has 0 radical (unpaired) electrons. The third-order valence-corrected chi connectivity index (χ3v) is 3.81. The second-order valence-corrected chi connectivity index (χ2v) is 4.94. The van der Waals surface area contributed by atoms with Crippen molar-refractivity contribution in [3.63, 3.8) is 0 Å². The number of rotatable bonds is 2. The van der Waals surface area contributed by atoms with E-state index < -0.39 is 0 Å². The number of hydrogen-bond donors (Lipinski definition) is 1. The number of imidazole rings is 1. The Morgan fingerprint density at radius 1 is 1.41 bits per heavy atom. The molecule has 0 fully saturated rings. The largest absolute Gasteiger partial charge is 0.363 e. The molecule has 17 heavy (non-hydrogen) atoms. The van der Waals surface area contributed by atoms with E-state index in [-0.39, 0.29) is 0 Å². The predicted molar refractivity (Wildman–Crippen MR) is 72.3 cm³/mol. The highest BCUT2D eigenvalue weighted by atomic mass is 32.2. The summed E-state index contributed by atoms with van der Waals surface area (Å²) in [5.74, 6) is 1.95. The number of fused-ring (bicyclic) bond motifs is 1. The van der Waals surface area contributed by atoms with Crippen molar-refractivity contribution in [3.8, 4) is 0 Å². The van der Waals surface area contributed by atoms with E-state index in [1.54, 1.807) is 11.8 Å². The lowest BCUT2D eigenvalue weighted by Crippen LogP contribution is -2.15. The van der Waals surface area contributed by atoms with Crippen LogP contribution in [0.1, 0.15) is 5.82 Å². The van der Waals surface area contributed by atoms with Gasteiger partial charge in [0.1, 0.15) is 5.82 Å². The normalized spacial score (nSPS) is 15.0. The molecule has 2 aromatic rings. The number of benzene rings is 1. The van der Waals surface area contributed by atoms with Crippen LogP contribution in [0.25, 0.3) is 11.0 Å². The molecular formula is C12H14N4S. The van der Waals surface area contributed by atoms with Crippen molar-refractivity contribution in [2.45, 2.75) is 5.75 Å². The Kier molecular flexibility index (Phi) is 2.76. The van der Waals surface area contributed by atoms with Crippen molar-refractivity contribution in [2.24, 2.45) is 12.0 Å². The molecule has 1 aliphatic heterocycles. The van der Waals surface area contributed by atoms with Gasteiger partial charge in [-0.15, -0.1) is 0 Å². The van der Waals surface area contributed by atoms with Gasteiger partial charge in [0, 0.05) is 13.6 Å². The second-order valence-electron chi connectivity index (χ2n) is 3.98. The number of hydrogen-bond acceptors (Lipinski definition) is 4. The smallest absolute Gasteiger partial charge is 0.157 e. The van der Waals surface area contributed by atoms with Gasteiger partial charge in [-0.3, -0.25) is 4.99 Å². The summed E-state index contributed by atoms with van der Waals surface area (Å²) in [6.07, 6.45) is 0. The fourth-order valence-corrected chi connectivity index (χ4v) is 2.84. The highest BCUT2D eigenvalue weighted by Gasteiger charge is 2.10. The van der Waals surface area contributed by atoms with Gasteiger partial charge in [0.15, 0.2) is 5.17 Å². The van der Waals surface area contributed by atoms with Gasteiger partial charge in [0.05, 0.1) is 23.3 Å². The maximum atomic E-state index is 4.63. The molecule has 0 bridgehead atoms. The summed E-state index contributed by atoms with van der Waals surface area (Å²) < 4.78 is 2.15. The lowest BCUT2D eigenvalue weighted by atomic mass is 10.3. The highest BCUT2D eigenvalue weighted by molar-refractivity contribution is 8.13. The zero-order valence-corrected chi connectivity index (χ0v) is 10.5. The number of nitrogens with one attached hydrogen (secondary N) is 1. The predicted octanol–water partition coefficient (Wildman–Crippen LogP) is 1.77. The van der Waals surface area contributed by atoms with Gasteiger partial charge in [-0.2, -0.15) is 0 Å². The zero-order valence-electron chi connectivity index (χ0n) is 9.68. The minimum Gasteiger partial charge on any atom is -0.363 e. The first-order chi connectivity index (χ1) is 8.34. The van der Waals surface area contributed by atoms with Crippen molar-refractivity contribution in [2.75, 3.05) is 13.1 Å². The third-order valence-electron chi connectivity index (χ3n) is 2.86. The van der Waals surface area contributed by atoms with Crippen molar-refractivity contribution in [3.05, 3.63) is 30.1 Å². The van der Waals surface area contributed by atoms with Gasteiger partial charge >= 0.3 is 0 Å². The van der Waals surface area contributed by atoms with Crippen LogP contribution >= 0.6 is 11.8 Å². The number of nitrogens with zero attached hydrogens (tertiary/aromatic N) is 3. The molecule has 1 aromatic carbocycles. The SMILES string of the molecule is Cn1c(CSC2=NCCN2)nc2ccccc21. The van der Waals surface area contributed by atoms with Crippen LogP contribution in [0.4, 0.5) is 0 Å². The number of para-hydroxylation sites is 2. The summed E-state index contributed by atoms with van der Waals surface area (Å²) in [6.45, 7) is 1.86. The number of aromatic nitrogens is 2. The van der Waals surface area contributed by atoms with Crippen LogP contribution in [0.5, 0.6) is 0 Å². The molecule has 0 amide bonds. The van der Waals surface area contributed by atoms with Gasteiger partial charge in [-0.1, -0.05) is 23.9 Å². The van der Waals surface area contributed by atoms with E-state index in [2.05, 4.69) is 39.0 Å². The van der Waals surface area contributed by atoms with Crippen LogP contribution in [0.15, 0.2) is 29.3 Å². The van der Waals surface area contributed by atoms with E-state index in [0.29, 0.717) is 0 Å². The first kappa shape index (κ1) is 10.7. The molecule has 4 nitrogen and oxygen atoms in total. The van der Waals surface area contributed by atoms with Crippen LogP contribution in [-0.4, -0.2) is 27.8 Å². The summed E-state index contributed by atoms with van der Waals surface area (Å²) >= 11 is 1.72. The van der Waals surface area contributed by atoms with Gasteiger partial charge in [-0.05, 0) is 12.1 Å². The highest BCUT2D eigenvalue weighted by Crippen LogP contribution is 2.19. The second kappa shape index (κ2) is 4.41. The first-order valence-electron chi connectivity index (χ1n) is 5.66. The Balaban J connectivity index is 1.82. The minimum absolute atomic E-state index is 0.858. The topological polar surface area (TPSA) is 42.2 Å². The Labute approximate surface area is 104 Å². The summed E-state index contributed by atoms with van der Waals surface area (Å²) in [4.78, 5) is 9.00. The van der Waals surface area contributed by atoms with E-state index in [1.807, 2.05) is 12.1 Å². The summed E-state index contributed by atoms with van der Waals surface area (Å²) in [6, 6.07) is 8.22. The average molecular weight is 246 g/mol. The molecule has 0 atom stereocenters. The summed E-state index contributed by atoms with van der Waals surface area (Å²) in [7, 11) is 2.06. The molecule has 0 spiro atoms. The molecular weight excluding hydrogens is 232 g/mol. The molecule has 5 heteroatoms. The number of amidine groups is 1. The summed E-state index contributed by atoms with van der Waals surface area (Å²) in [5, 5.41) is 4.29. The maximum Gasteiger partial charge on any atom is 0.157 e. The lowest BCUT2D eigenvalue weighted by Gasteiger charge is -2.02. The Morgan fingerprint density at radius 3 is 3.06 bits per heavy atom. The van der Waals surface area contributed by atoms with Crippen LogP contribution in [-0.2, 0) is 12.8 Å². The Morgan fingerprint density at radius 2 is 2.29 bits per heavy atom. The molecule has 88 valence electrons. The Bertz CT molecular complexity index is 573. The minimum atomic E-state index is 0.858. The fourth-order valence-electron chi connectivity index (χ4n) is 1.93. The molecule has 1 aliphatic rings. The quantitative estimate of drug-likeness (QED) is 0.878. The number of aliphatic imine (C=N–C) groups is 1. The summed E-state index contributed by atoms with van der Waals surface area (Å²) in [5.41, 5.74) is 2.25. The van der Waals surface area contributed by atoms with Crippen LogP contribution in [0.3, 0.4) is 0 Å². The van der Waals surface area contributed by atoms with Crippen LogP contribution < -0.4 is 5.32 Å². The van der Waals surface area contributed by atoms with E-state index >= 15 is 0 Å². The third kappa shape index (κ3) is 2.02. The standard InChI is InChI=1S/C12H14N4S/c1-16-10-5-3-2-4-9(10)15-11(16)8-17-12-13-6-7-14-12/h2-5H,6-8H2,1H3,(H,13,14). The number of thioether (sulfide) groups is 1. The molecule has 2 heterocycles. The molecule has 0 saturated heterocycles.